The Kier molecular flexibility index (Phi) is 5.12. The molecule has 0 saturated heterocycles. The summed E-state index contributed by atoms with van der Waals surface area (Å²) in [6.07, 6.45) is 4.98. The monoisotopic (exact) mass is 390 g/mol. The average Bonchev–Trinajstić information content (AvgIpc) is 2.77. The van der Waals surface area contributed by atoms with E-state index in [1.807, 2.05) is 44.2 Å². The van der Waals surface area contributed by atoms with Gasteiger partial charge in [0.05, 0.1) is 17.3 Å². The van der Waals surface area contributed by atoms with Crippen LogP contribution >= 0.6 is 0 Å². The molecule has 1 unspecified atom stereocenters. The van der Waals surface area contributed by atoms with E-state index in [0.717, 1.165) is 16.9 Å². The second-order valence-corrected chi connectivity index (χ2v) is 6.93. The number of fused-ring (bicyclic) bond motifs is 1. The lowest BCUT2D eigenvalue weighted by Crippen LogP contribution is -2.30. The van der Waals surface area contributed by atoms with Crippen molar-refractivity contribution in [3.8, 4) is 22.9 Å². The number of carbonyl (C=O) groups excluding carboxylic acids is 1. The van der Waals surface area contributed by atoms with Crippen LogP contribution in [-0.4, -0.2) is 46.0 Å². The number of aromatic nitrogens is 3. The van der Waals surface area contributed by atoms with Crippen molar-refractivity contribution >= 4 is 5.91 Å². The van der Waals surface area contributed by atoms with Crippen LogP contribution in [0.15, 0.2) is 48.9 Å². The summed E-state index contributed by atoms with van der Waals surface area (Å²) in [7, 11) is 1.78. The van der Waals surface area contributed by atoms with Crippen molar-refractivity contribution in [2.75, 3.05) is 20.3 Å². The van der Waals surface area contributed by atoms with Crippen LogP contribution in [0.5, 0.6) is 11.5 Å². The minimum Gasteiger partial charge on any atom is -0.486 e. The van der Waals surface area contributed by atoms with Crippen molar-refractivity contribution in [3.05, 3.63) is 65.7 Å². The van der Waals surface area contributed by atoms with Crippen LogP contribution in [0.2, 0.25) is 0 Å². The molecule has 29 heavy (non-hydrogen) atoms. The summed E-state index contributed by atoms with van der Waals surface area (Å²) in [6, 6.07) is 9.33. The van der Waals surface area contributed by atoms with Crippen LogP contribution in [0.4, 0.5) is 0 Å². The van der Waals surface area contributed by atoms with Crippen molar-refractivity contribution in [3.63, 3.8) is 0 Å². The summed E-state index contributed by atoms with van der Waals surface area (Å²) < 4.78 is 11.2. The molecule has 1 aliphatic rings. The Labute approximate surface area is 169 Å². The second kappa shape index (κ2) is 7.87. The molecule has 3 heterocycles. The molecule has 0 radical (unpaired) electrons. The highest BCUT2D eigenvalue weighted by Gasteiger charge is 2.23. The number of aryl methyl sites for hydroxylation is 1. The molecule has 1 amide bonds. The Hall–Kier alpha value is -3.48. The van der Waals surface area contributed by atoms with E-state index in [-0.39, 0.29) is 11.9 Å². The SMILES string of the molecule is Cc1nc(-c2cccnc2)ncc1C(=O)N(C)C(C)c1ccc2c(c1)OCCO2. The molecular weight excluding hydrogens is 368 g/mol. The van der Waals surface area contributed by atoms with Crippen molar-refractivity contribution in [1.82, 2.24) is 19.9 Å². The van der Waals surface area contributed by atoms with Gasteiger partial charge in [0.2, 0.25) is 0 Å². The molecule has 7 nitrogen and oxygen atoms in total. The van der Waals surface area contributed by atoms with Crippen LogP contribution in [-0.2, 0) is 0 Å². The maximum Gasteiger partial charge on any atom is 0.257 e. The van der Waals surface area contributed by atoms with Crippen LogP contribution in [0.25, 0.3) is 11.4 Å². The number of benzene rings is 1. The van der Waals surface area contributed by atoms with Gasteiger partial charge >= 0.3 is 0 Å². The van der Waals surface area contributed by atoms with Crippen LogP contribution in [0, 0.1) is 6.92 Å². The summed E-state index contributed by atoms with van der Waals surface area (Å²) >= 11 is 0. The van der Waals surface area contributed by atoms with Crippen LogP contribution in [0.3, 0.4) is 0 Å². The highest BCUT2D eigenvalue weighted by atomic mass is 16.6. The molecule has 0 saturated carbocycles. The molecule has 1 atom stereocenters. The average molecular weight is 390 g/mol. The Morgan fingerprint density at radius 1 is 1.14 bits per heavy atom. The standard InChI is InChI=1S/C22H22N4O3/c1-14-18(13-24-21(25-14)17-5-4-8-23-12-17)22(27)26(3)15(2)16-6-7-19-20(11-16)29-10-9-28-19/h4-8,11-13,15H,9-10H2,1-3H3. The number of ether oxygens (including phenoxy) is 2. The lowest BCUT2D eigenvalue weighted by Gasteiger charge is -2.27. The van der Waals surface area contributed by atoms with Gasteiger partial charge in [-0.05, 0) is 43.7 Å². The first kappa shape index (κ1) is 18.9. The third-order valence-electron chi connectivity index (χ3n) is 5.08. The first-order chi connectivity index (χ1) is 14.0. The Bertz CT molecular complexity index is 1040. The summed E-state index contributed by atoms with van der Waals surface area (Å²) in [4.78, 5) is 27.7. The highest BCUT2D eigenvalue weighted by Crippen LogP contribution is 2.34. The van der Waals surface area contributed by atoms with Gasteiger partial charge in [-0.2, -0.15) is 0 Å². The van der Waals surface area contributed by atoms with Crippen molar-refractivity contribution in [2.24, 2.45) is 0 Å². The topological polar surface area (TPSA) is 77.4 Å². The number of carbonyl (C=O) groups is 1. The van der Waals surface area contributed by atoms with E-state index >= 15 is 0 Å². The van der Waals surface area contributed by atoms with Gasteiger partial charge in [-0.3, -0.25) is 9.78 Å². The normalized spacial score (nSPS) is 13.6. The molecule has 0 bridgehead atoms. The fourth-order valence-corrected chi connectivity index (χ4v) is 3.22. The fourth-order valence-electron chi connectivity index (χ4n) is 3.22. The predicted molar refractivity (Wildman–Crippen MR) is 108 cm³/mol. The maximum absolute atomic E-state index is 13.1. The van der Waals surface area contributed by atoms with E-state index < -0.39 is 0 Å². The molecule has 0 fully saturated rings. The summed E-state index contributed by atoms with van der Waals surface area (Å²) in [5.74, 6) is 1.86. The third-order valence-corrected chi connectivity index (χ3v) is 5.08. The minimum atomic E-state index is -0.157. The van der Waals surface area contributed by atoms with Gasteiger partial charge in [-0.25, -0.2) is 9.97 Å². The van der Waals surface area contributed by atoms with E-state index in [1.165, 1.54) is 0 Å². The first-order valence-electron chi connectivity index (χ1n) is 9.45. The zero-order chi connectivity index (χ0) is 20.4. The second-order valence-electron chi connectivity index (χ2n) is 6.93. The van der Waals surface area contributed by atoms with E-state index in [9.17, 15) is 4.79 Å². The van der Waals surface area contributed by atoms with Crippen LogP contribution in [0.1, 0.15) is 34.6 Å². The Morgan fingerprint density at radius 3 is 2.66 bits per heavy atom. The van der Waals surface area contributed by atoms with Gasteiger partial charge in [0.15, 0.2) is 17.3 Å². The third kappa shape index (κ3) is 3.76. The quantitative estimate of drug-likeness (QED) is 0.679. The minimum absolute atomic E-state index is 0.136. The van der Waals surface area contributed by atoms with Crippen molar-refractivity contribution in [1.29, 1.82) is 0 Å². The Balaban J connectivity index is 1.56. The van der Waals surface area contributed by atoms with Gasteiger partial charge in [0.25, 0.3) is 5.91 Å². The van der Waals surface area contributed by atoms with Crippen molar-refractivity contribution < 1.29 is 14.3 Å². The first-order valence-corrected chi connectivity index (χ1v) is 9.45. The summed E-state index contributed by atoms with van der Waals surface area (Å²) in [5.41, 5.74) is 2.89. The fraction of sp³-hybridized carbons (Fsp3) is 0.273. The number of rotatable bonds is 4. The molecule has 0 aliphatic carbocycles. The van der Waals surface area contributed by atoms with Gasteiger partial charge in [0, 0.05) is 31.2 Å². The number of nitrogens with zero attached hydrogens (tertiary/aromatic N) is 4. The van der Waals surface area contributed by atoms with E-state index in [1.54, 1.807) is 30.5 Å². The van der Waals surface area contributed by atoms with E-state index in [2.05, 4.69) is 15.0 Å². The molecule has 1 aliphatic heterocycles. The summed E-state index contributed by atoms with van der Waals surface area (Å²) in [5, 5.41) is 0. The number of hydrogen-bond donors (Lipinski definition) is 0. The molecule has 148 valence electrons. The maximum atomic E-state index is 13.1. The van der Waals surface area contributed by atoms with Gasteiger partial charge < -0.3 is 14.4 Å². The zero-order valence-corrected chi connectivity index (χ0v) is 16.6. The van der Waals surface area contributed by atoms with E-state index in [0.29, 0.717) is 36.0 Å². The van der Waals surface area contributed by atoms with Gasteiger partial charge in [-0.1, -0.05) is 6.07 Å². The number of hydrogen-bond acceptors (Lipinski definition) is 6. The van der Waals surface area contributed by atoms with Gasteiger partial charge in [-0.15, -0.1) is 0 Å². The predicted octanol–water partition coefficient (Wildman–Crippen LogP) is 3.45. The lowest BCUT2D eigenvalue weighted by atomic mass is 10.1. The van der Waals surface area contributed by atoms with Crippen LogP contribution < -0.4 is 9.47 Å². The largest absolute Gasteiger partial charge is 0.486 e. The highest BCUT2D eigenvalue weighted by molar-refractivity contribution is 5.95. The van der Waals surface area contributed by atoms with Crippen molar-refractivity contribution in [2.45, 2.75) is 19.9 Å². The lowest BCUT2D eigenvalue weighted by molar-refractivity contribution is 0.0740. The molecule has 2 aromatic heterocycles. The smallest absolute Gasteiger partial charge is 0.257 e. The molecule has 1 aromatic carbocycles. The van der Waals surface area contributed by atoms with Gasteiger partial charge in [0.1, 0.15) is 13.2 Å². The molecule has 0 spiro atoms. The van der Waals surface area contributed by atoms with E-state index in [4.69, 9.17) is 9.47 Å². The molecule has 4 rings (SSSR count). The summed E-state index contributed by atoms with van der Waals surface area (Å²) in [6.45, 7) is 4.87. The molecule has 0 N–H and O–H groups in total. The number of amides is 1. The Morgan fingerprint density at radius 2 is 1.93 bits per heavy atom. The molecule has 3 aromatic rings. The molecular formula is C22H22N4O3. The molecule has 7 heteroatoms. The zero-order valence-electron chi connectivity index (χ0n) is 16.6. The number of pyridine rings is 1.